The summed E-state index contributed by atoms with van der Waals surface area (Å²) in [6.07, 6.45) is 1.69. The van der Waals surface area contributed by atoms with E-state index in [1.165, 1.54) is 47.4 Å². The SMILES string of the molecule is O=C(CCCS(=O)(=O)c1ccc(Cl)cc1)N(Cc1ccccn1)c1nc2ccc([N+](=O)[O-])cc2s1. The lowest BCUT2D eigenvalue weighted by Crippen LogP contribution is -2.30. The fraction of sp³-hybridized carbons (Fsp3) is 0.174. The molecule has 1 amide bonds. The maximum absolute atomic E-state index is 13.2. The number of hydrogen-bond donors (Lipinski definition) is 0. The zero-order chi connectivity index (χ0) is 25.0. The highest BCUT2D eigenvalue weighted by Crippen LogP contribution is 2.32. The predicted molar refractivity (Wildman–Crippen MR) is 134 cm³/mol. The highest BCUT2D eigenvalue weighted by Gasteiger charge is 2.23. The van der Waals surface area contributed by atoms with E-state index in [1.54, 1.807) is 24.4 Å². The Hall–Kier alpha value is -3.41. The highest BCUT2D eigenvalue weighted by atomic mass is 35.5. The minimum atomic E-state index is -3.57. The fourth-order valence-electron chi connectivity index (χ4n) is 3.35. The zero-order valence-corrected chi connectivity index (χ0v) is 20.6. The number of fused-ring (bicyclic) bond motifs is 1. The van der Waals surface area contributed by atoms with E-state index in [9.17, 15) is 23.3 Å². The number of benzene rings is 2. The van der Waals surface area contributed by atoms with Crippen LogP contribution >= 0.6 is 22.9 Å². The molecular weight excluding hydrogens is 512 g/mol. The van der Waals surface area contributed by atoms with Crippen molar-refractivity contribution in [2.24, 2.45) is 0 Å². The first kappa shape index (κ1) is 24.7. The maximum atomic E-state index is 13.2. The van der Waals surface area contributed by atoms with Crippen LogP contribution in [0.3, 0.4) is 0 Å². The minimum Gasteiger partial charge on any atom is -0.282 e. The second-order valence-electron chi connectivity index (χ2n) is 7.58. The monoisotopic (exact) mass is 530 g/mol. The van der Waals surface area contributed by atoms with E-state index in [1.807, 2.05) is 0 Å². The first-order chi connectivity index (χ1) is 16.7. The van der Waals surface area contributed by atoms with Crippen LogP contribution in [-0.2, 0) is 21.2 Å². The number of sulfone groups is 1. The van der Waals surface area contributed by atoms with Crippen LogP contribution in [0.4, 0.5) is 10.8 Å². The number of carbonyl (C=O) groups excluding carboxylic acids is 1. The van der Waals surface area contributed by atoms with Crippen LogP contribution in [0.15, 0.2) is 71.8 Å². The first-order valence-electron chi connectivity index (χ1n) is 10.5. The number of nitro benzene ring substituents is 1. The summed E-state index contributed by atoms with van der Waals surface area (Å²) in [5.41, 5.74) is 1.09. The Morgan fingerprint density at radius 3 is 2.57 bits per heavy atom. The fourth-order valence-corrected chi connectivity index (χ4v) is 5.81. The molecule has 0 unspecified atom stereocenters. The van der Waals surface area contributed by atoms with Gasteiger partial charge in [0.2, 0.25) is 5.91 Å². The lowest BCUT2D eigenvalue weighted by atomic mass is 10.2. The highest BCUT2D eigenvalue weighted by molar-refractivity contribution is 7.91. The molecule has 180 valence electrons. The van der Waals surface area contributed by atoms with Crippen molar-refractivity contribution in [1.82, 2.24) is 9.97 Å². The Morgan fingerprint density at radius 1 is 1.11 bits per heavy atom. The van der Waals surface area contributed by atoms with E-state index in [4.69, 9.17) is 11.6 Å². The second kappa shape index (κ2) is 10.5. The molecule has 2 heterocycles. The molecule has 0 aliphatic heterocycles. The predicted octanol–water partition coefficient (Wildman–Crippen LogP) is 5.04. The molecule has 0 saturated carbocycles. The van der Waals surface area contributed by atoms with Gasteiger partial charge in [0.1, 0.15) is 0 Å². The summed E-state index contributed by atoms with van der Waals surface area (Å²) in [6.45, 7) is 0.130. The van der Waals surface area contributed by atoms with Crippen LogP contribution in [0.5, 0.6) is 0 Å². The normalized spacial score (nSPS) is 11.5. The zero-order valence-electron chi connectivity index (χ0n) is 18.2. The Labute approximate surface area is 210 Å². The van der Waals surface area contributed by atoms with Crippen LogP contribution in [0, 0.1) is 10.1 Å². The number of anilines is 1. The summed E-state index contributed by atoms with van der Waals surface area (Å²) in [5.74, 6) is -0.528. The van der Waals surface area contributed by atoms with Crippen molar-refractivity contribution in [1.29, 1.82) is 0 Å². The van der Waals surface area contributed by atoms with Crippen molar-refractivity contribution in [3.63, 3.8) is 0 Å². The van der Waals surface area contributed by atoms with Crippen molar-refractivity contribution < 1.29 is 18.1 Å². The second-order valence-corrected chi connectivity index (χ2v) is 11.1. The van der Waals surface area contributed by atoms with Gasteiger partial charge in [-0.2, -0.15) is 0 Å². The van der Waals surface area contributed by atoms with Crippen LogP contribution in [0.25, 0.3) is 10.2 Å². The topological polar surface area (TPSA) is 123 Å². The van der Waals surface area contributed by atoms with Crippen LogP contribution in [0.2, 0.25) is 5.02 Å². The average molecular weight is 531 g/mol. The molecule has 0 aliphatic rings. The van der Waals surface area contributed by atoms with Gasteiger partial charge in [-0.25, -0.2) is 13.4 Å². The molecule has 9 nitrogen and oxygen atoms in total. The summed E-state index contributed by atoms with van der Waals surface area (Å²) in [5, 5.41) is 11.9. The molecule has 0 N–H and O–H groups in total. The van der Waals surface area contributed by atoms with E-state index in [-0.39, 0.29) is 41.6 Å². The number of amides is 1. The van der Waals surface area contributed by atoms with E-state index >= 15 is 0 Å². The number of nitrogens with zero attached hydrogens (tertiary/aromatic N) is 4. The smallest absolute Gasteiger partial charge is 0.270 e. The molecule has 0 saturated heterocycles. The summed E-state index contributed by atoms with van der Waals surface area (Å²) in [6, 6.07) is 15.5. The van der Waals surface area contributed by atoms with Gasteiger partial charge < -0.3 is 0 Å². The quantitative estimate of drug-likeness (QED) is 0.219. The van der Waals surface area contributed by atoms with Crippen molar-refractivity contribution in [2.75, 3.05) is 10.7 Å². The van der Waals surface area contributed by atoms with Gasteiger partial charge in [0.05, 0.1) is 38.0 Å². The summed E-state index contributed by atoms with van der Waals surface area (Å²) < 4.78 is 25.8. The van der Waals surface area contributed by atoms with Crippen LogP contribution in [-0.4, -0.2) is 35.0 Å². The lowest BCUT2D eigenvalue weighted by molar-refractivity contribution is -0.384. The van der Waals surface area contributed by atoms with E-state index in [0.29, 0.717) is 26.1 Å². The molecule has 0 bridgehead atoms. The number of hydrogen-bond acceptors (Lipinski definition) is 8. The molecule has 0 spiro atoms. The molecule has 2 aromatic heterocycles. The summed E-state index contributed by atoms with van der Waals surface area (Å²) >= 11 is 6.98. The van der Waals surface area contributed by atoms with Crippen LogP contribution < -0.4 is 4.90 Å². The Morgan fingerprint density at radius 2 is 1.89 bits per heavy atom. The van der Waals surface area contributed by atoms with Gasteiger partial charge >= 0.3 is 0 Å². The number of pyridine rings is 1. The van der Waals surface area contributed by atoms with Gasteiger partial charge in [-0.3, -0.25) is 24.8 Å². The summed E-state index contributed by atoms with van der Waals surface area (Å²) in [4.78, 5) is 34.2. The number of nitro groups is 1. The standard InChI is InChI=1S/C23H19ClN4O5S2/c24-16-6-9-19(10-7-16)35(32,33)13-3-5-22(29)27(15-17-4-1-2-12-25-17)23-26-20-11-8-18(28(30)31)14-21(20)34-23/h1-2,4,6-12,14H,3,5,13,15H2. The number of halogens is 1. The van der Waals surface area contributed by atoms with Crippen molar-refractivity contribution >= 4 is 59.7 Å². The Kier molecular flexibility index (Phi) is 7.39. The van der Waals surface area contributed by atoms with Gasteiger partial charge in [-0.1, -0.05) is 29.0 Å². The minimum absolute atomic E-state index is 0.0320. The molecule has 4 rings (SSSR count). The number of carbonyl (C=O) groups is 1. The molecule has 0 atom stereocenters. The van der Waals surface area contributed by atoms with Gasteiger partial charge in [-0.15, -0.1) is 0 Å². The summed E-state index contributed by atoms with van der Waals surface area (Å²) in [7, 11) is -3.57. The van der Waals surface area contributed by atoms with E-state index in [2.05, 4.69) is 9.97 Å². The largest absolute Gasteiger partial charge is 0.282 e. The average Bonchev–Trinajstić information content (AvgIpc) is 3.26. The number of aromatic nitrogens is 2. The van der Waals surface area contributed by atoms with Gasteiger partial charge in [0, 0.05) is 29.8 Å². The van der Waals surface area contributed by atoms with Gasteiger partial charge in [-0.05, 0) is 48.9 Å². The van der Waals surface area contributed by atoms with Gasteiger partial charge in [0.15, 0.2) is 15.0 Å². The molecule has 4 aromatic rings. The first-order valence-corrected chi connectivity index (χ1v) is 13.3. The number of rotatable bonds is 9. The molecule has 2 aromatic carbocycles. The van der Waals surface area contributed by atoms with E-state index in [0.717, 1.165) is 11.3 Å². The molecular formula is C23H19ClN4O5S2. The Bertz CT molecular complexity index is 1480. The third kappa shape index (κ3) is 5.99. The van der Waals surface area contributed by atoms with Crippen molar-refractivity contribution in [3.05, 3.63) is 87.7 Å². The molecule has 35 heavy (non-hydrogen) atoms. The number of non-ortho nitro benzene ring substituents is 1. The van der Waals surface area contributed by atoms with Crippen LogP contribution in [0.1, 0.15) is 18.5 Å². The van der Waals surface area contributed by atoms with Gasteiger partial charge in [0.25, 0.3) is 5.69 Å². The molecule has 0 radical (unpaired) electrons. The third-order valence-corrected chi connectivity index (χ3v) is 8.24. The van der Waals surface area contributed by atoms with Crippen molar-refractivity contribution in [3.8, 4) is 0 Å². The molecule has 0 aliphatic carbocycles. The molecule has 0 fully saturated rings. The third-order valence-electron chi connectivity index (χ3n) is 5.13. The Balaban J connectivity index is 1.54. The lowest BCUT2D eigenvalue weighted by Gasteiger charge is -2.19. The van der Waals surface area contributed by atoms with Crippen molar-refractivity contribution in [2.45, 2.75) is 24.3 Å². The maximum Gasteiger partial charge on any atom is 0.270 e. The number of thiazole rings is 1. The molecule has 12 heteroatoms. The van der Waals surface area contributed by atoms with E-state index < -0.39 is 14.8 Å².